The van der Waals surface area contributed by atoms with Crippen molar-refractivity contribution < 1.29 is 4.52 Å². The van der Waals surface area contributed by atoms with Crippen LogP contribution in [0.2, 0.25) is 0 Å². The van der Waals surface area contributed by atoms with Crippen LogP contribution >= 0.6 is 11.8 Å². The maximum Gasteiger partial charge on any atom is 0.227 e. The molecule has 0 bridgehead atoms. The Morgan fingerprint density at radius 3 is 3.18 bits per heavy atom. The van der Waals surface area contributed by atoms with E-state index >= 15 is 0 Å². The SMILES string of the molecule is CC(CN)Cc1nc(C2CSCCN2C)no1. The van der Waals surface area contributed by atoms with Gasteiger partial charge >= 0.3 is 0 Å². The largest absolute Gasteiger partial charge is 0.339 e. The summed E-state index contributed by atoms with van der Waals surface area (Å²) in [4.78, 5) is 6.77. The first-order valence-electron chi connectivity index (χ1n) is 6.01. The normalized spacial score (nSPS) is 23.8. The minimum atomic E-state index is 0.291. The Labute approximate surface area is 106 Å². The lowest BCUT2D eigenvalue weighted by Crippen LogP contribution is -2.33. The zero-order chi connectivity index (χ0) is 12.3. The van der Waals surface area contributed by atoms with Crippen molar-refractivity contribution >= 4 is 11.8 Å². The number of aromatic nitrogens is 2. The van der Waals surface area contributed by atoms with Crippen molar-refractivity contribution in [3.05, 3.63) is 11.7 Å². The lowest BCUT2D eigenvalue weighted by Gasteiger charge is -2.29. The van der Waals surface area contributed by atoms with Gasteiger partial charge < -0.3 is 10.3 Å². The van der Waals surface area contributed by atoms with Gasteiger partial charge in [0.1, 0.15) is 0 Å². The van der Waals surface area contributed by atoms with Crippen molar-refractivity contribution in [1.82, 2.24) is 15.0 Å². The second-order valence-corrected chi connectivity index (χ2v) is 5.81. The van der Waals surface area contributed by atoms with Crippen LogP contribution in [0.25, 0.3) is 0 Å². The molecule has 0 radical (unpaired) electrons. The highest BCUT2D eigenvalue weighted by molar-refractivity contribution is 7.99. The van der Waals surface area contributed by atoms with E-state index < -0.39 is 0 Å². The summed E-state index contributed by atoms with van der Waals surface area (Å²) < 4.78 is 5.29. The fourth-order valence-corrected chi connectivity index (χ4v) is 3.04. The highest BCUT2D eigenvalue weighted by Crippen LogP contribution is 2.26. The summed E-state index contributed by atoms with van der Waals surface area (Å²) in [7, 11) is 2.11. The number of rotatable bonds is 4. The smallest absolute Gasteiger partial charge is 0.227 e. The minimum Gasteiger partial charge on any atom is -0.339 e. The summed E-state index contributed by atoms with van der Waals surface area (Å²) in [5.41, 5.74) is 5.59. The Bertz CT molecular complexity index is 357. The summed E-state index contributed by atoms with van der Waals surface area (Å²) in [6.07, 6.45) is 0.771. The van der Waals surface area contributed by atoms with Crippen LogP contribution in [-0.4, -0.2) is 46.7 Å². The molecule has 1 aromatic rings. The van der Waals surface area contributed by atoms with E-state index in [2.05, 4.69) is 29.0 Å². The van der Waals surface area contributed by atoms with Gasteiger partial charge in [-0.05, 0) is 19.5 Å². The fraction of sp³-hybridized carbons (Fsp3) is 0.818. The van der Waals surface area contributed by atoms with Gasteiger partial charge in [0, 0.05) is 24.5 Å². The molecular weight excluding hydrogens is 236 g/mol. The number of nitrogens with two attached hydrogens (primary N) is 1. The van der Waals surface area contributed by atoms with Gasteiger partial charge in [0.05, 0.1) is 6.04 Å². The Hall–Kier alpha value is -0.590. The number of thioether (sulfide) groups is 1. The molecule has 1 fully saturated rings. The van der Waals surface area contributed by atoms with Gasteiger partial charge in [-0.25, -0.2) is 0 Å². The number of hydrogen-bond acceptors (Lipinski definition) is 6. The second-order valence-electron chi connectivity index (χ2n) is 4.66. The van der Waals surface area contributed by atoms with Crippen molar-refractivity contribution in [3.63, 3.8) is 0 Å². The van der Waals surface area contributed by atoms with Crippen molar-refractivity contribution in [2.45, 2.75) is 19.4 Å². The van der Waals surface area contributed by atoms with Crippen molar-refractivity contribution in [1.29, 1.82) is 0 Å². The summed E-state index contributed by atoms with van der Waals surface area (Å²) in [5, 5.41) is 4.10. The van der Waals surface area contributed by atoms with Crippen LogP contribution in [-0.2, 0) is 6.42 Å². The van der Waals surface area contributed by atoms with Crippen LogP contribution in [0.1, 0.15) is 24.7 Å². The predicted molar refractivity (Wildman–Crippen MR) is 68.9 cm³/mol. The molecule has 0 aliphatic carbocycles. The van der Waals surface area contributed by atoms with Gasteiger partial charge in [0.15, 0.2) is 5.82 Å². The van der Waals surface area contributed by atoms with E-state index in [1.807, 2.05) is 11.8 Å². The third-order valence-corrected chi connectivity index (χ3v) is 4.13. The van der Waals surface area contributed by atoms with E-state index in [4.69, 9.17) is 10.3 Å². The molecule has 1 aromatic heterocycles. The summed E-state index contributed by atoms with van der Waals surface area (Å²) >= 11 is 1.95. The topological polar surface area (TPSA) is 68.2 Å². The van der Waals surface area contributed by atoms with Gasteiger partial charge in [-0.15, -0.1) is 0 Å². The van der Waals surface area contributed by atoms with Crippen molar-refractivity contribution in [3.8, 4) is 0 Å². The first kappa shape index (κ1) is 12.9. The molecule has 2 rings (SSSR count). The van der Waals surface area contributed by atoms with Gasteiger partial charge in [-0.1, -0.05) is 12.1 Å². The second kappa shape index (κ2) is 5.84. The molecule has 2 unspecified atom stereocenters. The summed E-state index contributed by atoms with van der Waals surface area (Å²) in [6, 6.07) is 0.291. The van der Waals surface area contributed by atoms with Crippen LogP contribution in [0.5, 0.6) is 0 Å². The Balaban J connectivity index is 2.01. The Morgan fingerprint density at radius 2 is 2.47 bits per heavy atom. The molecule has 2 N–H and O–H groups in total. The molecule has 0 spiro atoms. The summed E-state index contributed by atoms with van der Waals surface area (Å²) in [6.45, 7) is 3.82. The first-order chi connectivity index (χ1) is 8.20. The monoisotopic (exact) mass is 256 g/mol. The maximum absolute atomic E-state index is 5.59. The van der Waals surface area contributed by atoms with Gasteiger partial charge in [-0.3, -0.25) is 4.90 Å². The van der Waals surface area contributed by atoms with Crippen LogP contribution in [0.15, 0.2) is 4.52 Å². The molecule has 1 aliphatic heterocycles. The Morgan fingerprint density at radius 1 is 1.65 bits per heavy atom. The molecule has 5 nitrogen and oxygen atoms in total. The third kappa shape index (κ3) is 3.20. The van der Waals surface area contributed by atoms with E-state index in [1.54, 1.807) is 0 Å². The lowest BCUT2D eigenvalue weighted by atomic mass is 10.1. The molecule has 0 amide bonds. The molecule has 0 saturated carbocycles. The molecule has 96 valence electrons. The van der Waals surface area contributed by atoms with E-state index in [0.717, 1.165) is 24.5 Å². The zero-order valence-electron chi connectivity index (χ0n) is 10.4. The average molecular weight is 256 g/mol. The highest BCUT2D eigenvalue weighted by Gasteiger charge is 2.25. The summed E-state index contributed by atoms with van der Waals surface area (Å²) in [5.74, 6) is 4.15. The molecule has 2 atom stereocenters. The molecule has 6 heteroatoms. The lowest BCUT2D eigenvalue weighted by molar-refractivity contribution is 0.256. The van der Waals surface area contributed by atoms with E-state index in [0.29, 0.717) is 24.4 Å². The van der Waals surface area contributed by atoms with Crippen LogP contribution < -0.4 is 5.73 Å². The third-order valence-electron chi connectivity index (χ3n) is 3.10. The highest BCUT2D eigenvalue weighted by atomic mass is 32.2. The van der Waals surface area contributed by atoms with Gasteiger partial charge in [-0.2, -0.15) is 16.7 Å². The zero-order valence-corrected chi connectivity index (χ0v) is 11.2. The van der Waals surface area contributed by atoms with Crippen LogP contribution in [0.4, 0.5) is 0 Å². The van der Waals surface area contributed by atoms with Gasteiger partial charge in [0.2, 0.25) is 5.89 Å². The number of hydrogen-bond donors (Lipinski definition) is 1. The van der Waals surface area contributed by atoms with Crippen molar-refractivity contribution in [2.24, 2.45) is 11.7 Å². The Kier molecular flexibility index (Phi) is 4.42. The molecule has 1 aliphatic rings. The number of nitrogens with zero attached hydrogens (tertiary/aromatic N) is 3. The van der Waals surface area contributed by atoms with Crippen molar-refractivity contribution in [2.75, 3.05) is 31.6 Å². The standard InChI is InChI=1S/C11H20N4OS/c1-8(6-12)5-10-13-11(14-16-10)9-7-17-4-3-15(9)2/h8-9H,3-7,12H2,1-2H3. The van der Waals surface area contributed by atoms with E-state index in [-0.39, 0.29) is 0 Å². The molecule has 1 saturated heterocycles. The van der Waals surface area contributed by atoms with Crippen LogP contribution in [0, 0.1) is 5.92 Å². The molecule has 2 heterocycles. The van der Waals surface area contributed by atoms with E-state index in [1.165, 1.54) is 5.75 Å². The average Bonchev–Trinajstić information content (AvgIpc) is 2.78. The fourth-order valence-electron chi connectivity index (χ4n) is 1.83. The van der Waals surface area contributed by atoms with E-state index in [9.17, 15) is 0 Å². The first-order valence-corrected chi connectivity index (χ1v) is 7.16. The molecular formula is C11H20N4OS. The predicted octanol–water partition coefficient (Wildman–Crippen LogP) is 0.927. The van der Waals surface area contributed by atoms with Crippen LogP contribution in [0.3, 0.4) is 0 Å². The molecule has 0 aromatic carbocycles. The minimum absolute atomic E-state index is 0.291. The maximum atomic E-state index is 5.59. The van der Waals surface area contributed by atoms with Gasteiger partial charge in [0.25, 0.3) is 0 Å². The quantitative estimate of drug-likeness (QED) is 0.864. The molecule has 17 heavy (non-hydrogen) atoms.